The number of aromatic nitrogens is 3. The second-order valence-electron chi connectivity index (χ2n) is 5.40. The predicted molar refractivity (Wildman–Crippen MR) is 94.4 cm³/mol. The van der Waals surface area contributed by atoms with Crippen LogP contribution in [0, 0.1) is 0 Å². The summed E-state index contributed by atoms with van der Waals surface area (Å²) in [5.41, 5.74) is 6.67. The maximum atomic E-state index is 5.64. The van der Waals surface area contributed by atoms with Crippen LogP contribution in [0.25, 0.3) is 5.69 Å². The number of benzene rings is 1. The Morgan fingerprint density at radius 1 is 1.26 bits per heavy atom. The minimum Gasteiger partial charge on any atom is -0.497 e. The SMILES string of the molecule is CC[C@H](c1nnc(SCCN)n1-c1ccc(OC)cc1)N(C)C. The highest BCUT2D eigenvalue weighted by Crippen LogP contribution is 2.29. The fraction of sp³-hybridized carbons (Fsp3) is 0.500. The van der Waals surface area contributed by atoms with Gasteiger partial charge in [0.05, 0.1) is 13.2 Å². The molecule has 0 saturated heterocycles. The second kappa shape index (κ2) is 8.33. The van der Waals surface area contributed by atoms with Crippen LogP contribution in [0.5, 0.6) is 5.75 Å². The van der Waals surface area contributed by atoms with E-state index in [0.717, 1.165) is 34.6 Å². The highest BCUT2D eigenvalue weighted by atomic mass is 32.2. The molecule has 7 heteroatoms. The number of ether oxygens (including phenoxy) is 1. The molecule has 0 unspecified atom stereocenters. The number of nitrogens with zero attached hydrogens (tertiary/aromatic N) is 4. The van der Waals surface area contributed by atoms with Crippen molar-refractivity contribution in [1.82, 2.24) is 19.7 Å². The molecule has 0 fully saturated rings. The van der Waals surface area contributed by atoms with Crippen LogP contribution in [0.2, 0.25) is 0 Å². The van der Waals surface area contributed by atoms with Crippen molar-refractivity contribution < 1.29 is 4.74 Å². The van der Waals surface area contributed by atoms with Crippen molar-refractivity contribution in [2.45, 2.75) is 24.5 Å². The molecule has 0 aliphatic heterocycles. The molecule has 2 N–H and O–H groups in total. The molecule has 126 valence electrons. The quantitative estimate of drug-likeness (QED) is 0.747. The second-order valence-corrected chi connectivity index (χ2v) is 6.46. The van der Waals surface area contributed by atoms with Crippen LogP contribution in [0.4, 0.5) is 0 Å². The lowest BCUT2D eigenvalue weighted by Crippen LogP contribution is -2.22. The summed E-state index contributed by atoms with van der Waals surface area (Å²) >= 11 is 1.63. The monoisotopic (exact) mass is 335 g/mol. The van der Waals surface area contributed by atoms with Gasteiger partial charge in [0.1, 0.15) is 5.75 Å². The first-order valence-corrected chi connectivity index (χ1v) is 8.70. The normalized spacial score (nSPS) is 12.6. The maximum Gasteiger partial charge on any atom is 0.195 e. The molecule has 0 spiro atoms. The molecular formula is C16H25N5OS. The first-order valence-electron chi connectivity index (χ1n) is 7.71. The van der Waals surface area contributed by atoms with E-state index >= 15 is 0 Å². The topological polar surface area (TPSA) is 69.2 Å². The van der Waals surface area contributed by atoms with Gasteiger partial charge in [0.25, 0.3) is 0 Å². The molecular weight excluding hydrogens is 310 g/mol. The van der Waals surface area contributed by atoms with E-state index in [9.17, 15) is 0 Å². The van der Waals surface area contributed by atoms with Gasteiger partial charge in [0.2, 0.25) is 0 Å². The van der Waals surface area contributed by atoms with Gasteiger partial charge in [-0.1, -0.05) is 18.7 Å². The average molecular weight is 335 g/mol. The lowest BCUT2D eigenvalue weighted by molar-refractivity contribution is 0.276. The summed E-state index contributed by atoms with van der Waals surface area (Å²) < 4.78 is 7.37. The van der Waals surface area contributed by atoms with Gasteiger partial charge in [0.15, 0.2) is 11.0 Å². The minimum atomic E-state index is 0.205. The number of rotatable bonds is 8. The van der Waals surface area contributed by atoms with Crippen molar-refractivity contribution in [2.75, 3.05) is 33.5 Å². The molecule has 1 heterocycles. The fourth-order valence-corrected chi connectivity index (χ4v) is 3.22. The highest BCUT2D eigenvalue weighted by molar-refractivity contribution is 7.99. The van der Waals surface area contributed by atoms with Crippen molar-refractivity contribution in [3.63, 3.8) is 0 Å². The molecule has 23 heavy (non-hydrogen) atoms. The molecule has 0 aliphatic carbocycles. The molecule has 2 aromatic rings. The summed E-state index contributed by atoms with van der Waals surface area (Å²) in [6, 6.07) is 8.17. The van der Waals surface area contributed by atoms with E-state index in [-0.39, 0.29) is 6.04 Å². The zero-order chi connectivity index (χ0) is 16.8. The molecule has 6 nitrogen and oxygen atoms in total. The minimum absolute atomic E-state index is 0.205. The molecule has 0 radical (unpaired) electrons. The van der Waals surface area contributed by atoms with E-state index in [0.29, 0.717) is 6.54 Å². The Bertz CT molecular complexity index is 611. The van der Waals surface area contributed by atoms with Gasteiger partial charge < -0.3 is 10.5 Å². The molecule has 0 aliphatic rings. The van der Waals surface area contributed by atoms with Crippen molar-refractivity contribution in [3.8, 4) is 11.4 Å². The summed E-state index contributed by atoms with van der Waals surface area (Å²) in [6.45, 7) is 2.77. The van der Waals surface area contributed by atoms with Crippen molar-refractivity contribution >= 4 is 11.8 Å². The van der Waals surface area contributed by atoms with E-state index < -0.39 is 0 Å². The van der Waals surface area contributed by atoms with E-state index in [1.165, 1.54) is 0 Å². The summed E-state index contributed by atoms with van der Waals surface area (Å²) in [7, 11) is 5.79. The van der Waals surface area contributed by atoms with Crippen LogP contribution in [0.3, 0.4) is 0 Å². The van der Waals surface area contributed by atoms with Crippen LogP contribution in [0.15, 0.2) is 29.4 Å². The van der Waals surface area contributed by atoms with Gasteiger partial charge in [-0.05, 0) is 44.8 Å². The van der Waals surface area contributed by atoms with E-state index in [1.807, 2.05) is 24.3 Å². The molecule has 1 atom stereocenters. The maximum absolute atomic E-state index is 5.64. The van der Waals surface area contributed by atoms with Crippen LogP contribution in [0.1, 0.15) is 25.2 Å². The Morgan fingerprint density at radius 2 is 1.96 bits per heavy atom. The molecule has 2 rings (SSSR count). The molecule has 0 saturated carbocycles. The highest BCUT2D eigenvalue weighted by Gasteiger charge is 2.22. The Labute approximate surface area is 142 Å². The van der Waals surface area contributed by atoms with Crippen molar-refractivity contribution in [3.05, 3.63) is 30.1 Å². The van der Waals surface area contributed by atoms with Crippen LogP contribution < -0.4 is 10.5 Å². The zero-order valence-electron chi connectivity index (χ0n) is 14.2. The number of methoxy groups -OCH3 is 1. The van der Waals surface area contributed by atoms with E-state index in [1.54, 1.807) is 18.9 Å². The number of nitrogens with two attached hydrogens (primary N) is 1. The Kier molecular flexibility index (Phi) is 6.44. The smallest absolute Gasteiger partial charge is 0.195 e. The Hall–Kier alpha value is -1.57. The van der Waals surface area contributed by atoms with Gasteiger partial charge in [0, 0.05) is 18.0 Å². The van der Waals surface area contributed by atoms with Crippen molar-refractivity contribution in [1.29, 1.82) is 0 Å². The van der Waals surface area contributed by atoms with Crippen LogP contribution in [-0.2, 0) is 0 Å². The standard InChI is InChI=1S/C16H25N5OS/c1-5-14(20(2)3)15-18-19-16(23-11-10-17)21(15)12-6-8-13(22-4)9-7-12/h6-9,14H,5,10-11,17H2,1-4H3/t14-/m1/s1. The first kappa shape index (κ1) is 17.8. The van der Waals surface area contributed by atoms with Crippen LogP contribution in [-0.4, -0.2) is 53.2 Å². The average Bonchev–Trinajstić information content (AvgIpc) is 2.97. The number of hydrogen-bond donors (Lipinski definition) is 1. The largest absolute Gasteiger partial charge is 0.497 e. The summed E-state index contributed by atoms with van der Waals surface area (Å²) in [4.78, 5) is 2.17. The van der Waals surface area contributed by atoms with Gasteiger partial charge in [-0.25, -0.2) is 0 Å². The zero-order valence-corrected chi connectivity index (χ0v) is 15.0. The number of thioether (sulfide) groups is 1. The van der Waals surface area contributed by atoms with Crippen LogP contribution >= 0.6 is 11.8 Å². The van der Waals surface area contributed by atoms with Gasteiger partial charge in [-0.3, -0.25) is 9.47 Å². The van der Waals surface area contributed by atoms with Gasteiger partial charge in [-0.2, -0.15) is 0 Å². The lowest BCUT2D eigenvalue weighted by Gasteiger charge is -2.23. The predicted octanol–water partition coefficient (Wildman–Crippen LogP) is 2.34. The Balaban J connectivity index is 2.48. The lowest BCUT2D eigenvalue weighted by atomic mass is 10.2. The summed E-state index contributed by atoms with van der Waals surface area (Å²) in [5.74, 6) is 2.59. The number of hydrogen-bond acceptors (Lipinski definition) is 6. The molecule has 1 aromatic heterocycles. The third-order valence-corrected chi connectivity index (χ3v) is 4.61. The fourth-order valence-electron chi connectivity index (χ4n) is 2.49. The van der Waals surface area contributed by atoms with Crippen molar-refractivity contribution in [2.24, 2.45) is 5.73 Å². The van der Waals surface area contributed by atoms with E-state index in [2.05, 4.69) is 40.7 Å². The Morgan fingerprint density at radius 3 is 2.48 bits per heavy atom. The molecule has 0 bridgehead atoms. The summed E-state index contributed by atoms with van der Waals surface area (Å²) in [5, 5.41) is 9.72. The first-order chi connectivity index (χ1) is 11.1. The summed E-state index contributed by atoms with van der Waals surface area (Å²) in [6.07, 6.45) is 0.961. The van der Waals surface area contributed by atoms with Gasteiger partial charge in [-0.15, -0.1) is 10.2 Å². The van der Waals surface area contributed by atoms with Gasteiger partial charge >= 0.3 is 0 Å². The molecule has 0 amide bonds. The third-order valence-electron chi connectivity index (χ3n) is 3.65. The third kappa shape index (κ3) is 4.04. The van der Waals surface area contributed by atoms with E-state index in [4.69, 9.17) is 10.5 Å². The molecule has 1 aromatic carbocycles.